The molecule has 0 bridgehead atoms. The number of hydrogen-bond acceptors (Lipinski definition) is 2. The van der Waals surface area contributed by atoms with E-state index >= 15 is 0 Å². The van der Waals surface area contributed by atoms with Crippen LogP contribution in [0.25, 0.3) is 0 Å². The van der Waals surface area contributed by atoms with E-state index in [-0.39, 0.29) is 16.5 Å². The molecule has 4 nitrogen and oxygen atoms in total. The Morgan fingerprint density at radius 1 is 1.14 bits per heavy atom. The average molecular weight is 306 g/mol. The third-order valence-electron chi connectivity index (χ3n) is 3.89. The summed E-state index contributed by atoms with van der Waals surface area (Å²) in [5.41, 5.74) is 1.52. The first-order chi connectivity index (χ1) is 10.0. The van der Waals surface area contributed by atoms with E-state index in [1.54, 1.807) is 13.0 Å². The highest BCUT2D eigenvalue weighted by Gasteiger charge is 2.21. The van der Waals surface area contributed by atoms with Crippen molar-refractivity contribution in [3.63, 3.8) is 0 Å². The molecule has 0 fully saturated rings. The summed E-state index contributed by atoms with van der Waals surface area (Å²) in [5.74, 6) is -1.85. The summed E-state index contributed by atoms with van der Waals surface area (Å²) in [6, 6.07) is 3.15. The van der Waals surface area contributed by atoms with E-state index in [1.807, 2.05) is 0 Å². The van der Waals surface area contributed by atoms with Crippen LogP contribution in [0.1, 0.15) is 72.4 Å². The first kappa shape index (κ1) is 18.2. The molecule has 0 aliphatic carbocycles. The van der Waals surface area contributed by atoms with Gasteiger partial charge in [0.15, 0.2) is 0 Å². The van der Waals surface area contributed by atoms with Crippen LogP contribution in [0.2, 0.25) is 0 Å². The molecule has 1 atom stereocenters. The molecule has 0 spiro atoms. The van der Waals surface area contributed by atoms with Crippen molar-refractivity contribution in [2.75, 3.05) is 0 Å². The average Bonchev–Trinajstić information content (AvgIpc) is 2.34. The van der Waals surface area contributed by atoms with Crippen molar-refractivity contribution in [2.24, 2.45) is 11.3 Å². The molecule has 1 aromatic rings. The smallest absolute Gasteiger partial charge is 0.336 e. The molecule has 0 aromatic heterocycles. The molecule has 122 valence electrons. The van der Waals surface area contributed by atoms with Crippen LogP contribution >= 0.6 is 0 Å². The third-order valence-corrected chi connectivity index (χ3v) is 3.89. The van der Waals surface area contributed by atoms with E-state index in [2.05, 4.69) is 27.7 Å². The molecule has 0 saturated heterocycles. The largest absolute Gasteiger partial charge is 0.478 e. The lowest BCUT2D eigenvalue weighted by Crippen LogP contribution is -2.14. The number of carboxylic acids is 2. The number of benzene rings is 1. The molecule has 0 aliphatic heterocycles. The standard InChI is InChI=1S/C18H26O4/c1-11(10-18(3,4)5)6-7-13-8-9-14(16(19)20)15(12(13)2)17(21)22/h8-9,11H,6-7,10H2,1-5H3,(H,19,20)(H,21,22). The van der Waals surface area contributed by atoms with Crippen molar-refractivity contribution in [1.82, 2.24) is 0 Å². The highest BCUT2D eigenvalue weighted by Crippen LogP contribution is 2.28. The molecule has 0 amide bonds. The van der Waals surface area contributed by atoms with E-state index in [0.717, 1.165) is 24.8 Å². The van der Waals surface area contributed by atoms with Gasteiger partial charge in [0.1, 0.15) is 0 Å². The summed E-state index contributed by atoms with van der Waals surface area (Å²) < 4.78 is 0. The number of hydrogen-bond donors (Lipinski definition) is 2. The van der Waals surface area contributed by atoms with Gasteiger partial charge in [-0.15, -0.1) is 0 Å². The van der Waals surface area contributed by atoms with Gasteiger partial charge in [0.25, 0.3) is 0 Å². The lowest BCUT2D eigenvalue weighted by Gasteiger charge is -2.23. The molecule has 1 rings (SSSR count). The van der Waals surface area contributed by atoms with Gasteiger partial charge in [-0.3, -0.25) is 0 Å². The highest BCUT2D eigenvalue weighted by atomic mass is 16.4. The molecule has 0 aliphatic rings. The lowest BCUT2D eigenvalue weighted by atomic mass is 9.82. The maximum Gasteiger partial charge on any atom is 0.336 e. The molecule has 0 heterocycles. The zero-order valence-corrected chi connectivity index (χ0v) is 14.1. The Bertz CT molecular complexity index is 567. The van der Waals surface area contributed by atoms with Gasteiger partial charge in [-0.25, -0.2) is 9.59 Å². The van der Waals surface area contributed by atoms with Crippen molar-refractivity contribution >= 4 is 11.9 Å². The van der Waals surface area contributed by atoms with Crippen molar-refractivity contribution < 1.29 is 19.8 Å². The minimum atomic E-state index is -1.20. The Morgan fingerprint density at radius 3 is 2.18 bits per heavy atom. The quantitative estimate of drug-likeness (QED) is 0.817. The zero-order valence-electron chi connectivity index (χ0n) is 14.1. The summed E-state index contributed by atoms with van der Waals surface area (Å²) in [6.45, 7) is 10.5. The summed E-state index contributed by atoms with van der Waals surface area (Å²) in [6.07, 6.45) is 2.83. The normalized spacial score (nSPS) is 13.0. The van der Waals surface area contributed by atoms with E-state index in [1.165, 1.54) is 6.07 Å². The van der Waals surface area contributed by atoms with Crippen LogP contribution < -0.4 is 0 Å². The maximum atomic E-state index is 11.4. The Labute approximate surface area is 132 Å². The zero-order chi connectivity index (χ0) is 17.1. The second-order valence-electron chi connectivity index (χ2n) is 7.29. The van der Waals surface area contributed by atoms with Gasteiger partial charge in [0, 0.05) is 0 Å². The third kappa shape index (κ3) is 4.86. The van der Waals surface area contributed by atoms with E-state index < -0.39 is 11.9 Å². The van der Waals surface area contributed by atoms with Crippen molar-refractivity contribution in [3.8, 4) is 0 Å². The molecule has 1 unspecified atom stereocenters. The van der Waals surface area contributed by atoms with Gasteiger partial charge in [-0.2, -0.15) is 0 Å². The van der Waals surface area contributed by atoms with E-state index in [0.29, 0.717) is 11.5 Å². The van der Waals surface area contributed by atoms with Gasteiger partial charge < -0.3 is 10.2 Å². The van der Waals surface area contributed by atoms with E-state index in [4.69, 9.17) is 5.11 Å². The number of carbonyl (C=O) groups is 2. The Hall–Kier alpha value is -1.84. The second-order valence-corrected chi connectivity index (χ2v) is 7.29. The Morgan fingerprint density at radius 2 is 1.73 bits per heavy atom. The summed E-state index contributed by atoms with van der Waals surface area (Å²) in [5, 5.41) is 18.4. The monoisotopic (exact) mass is 306 g/mol. The summed E-state index contributed by atoms with van der Waals surface area (Å²) in [7, 11) is 0. The van der Waals surface area contributed by atoms with Gasteiger partial charge in [0.05, 0.1) is 11.1 Å². The van der Waals surface area contributed by atoms with Gasteiger partial charge in [0.2, 0.25) is 0 Å². The van der Waals surface area contributed by atoms with Gasteiger partial charge in [-0.05, 0) is 54.7 Å². The van der Waals surface area contributed by atoms with Crippen LogP contribution in [0, 0.1) is 18.3 Å². The summed E-state index contributed by atoms with van der Waals surface area (Å²) in [4.78, 5) is 22.5. The molecule has 22 heavy (non-hydrogen) atoms. The van der Waals surface area contributed by atoms with Crippen molar-refractivity contribution in [2.45, 2.75) is 53.9 Å². The van der Waals surface area contributed by atoms with Crippen LogP contribution in [-0.4, -0.2) is 22.2 Å². The van der Waals surface area contributed by atoms with Crippen LogP contribution in [0.3, 0.4) is 0 Å². The van der Waals surface area contributed by atoms with E-state index in [9.17, 15) is 14.7 Å². The van der Waals surface area contributed by atoms with Crippen molar-refractivity contribution in [1.29, 1.82) is 0 Å². The van der Waals surface area contributed by atoms with Crippen LogP contribution in [0.4, 0.5) is 0 Å². The molecule has 2 N–H and O–H groups in total. The molecule has 4 heteroatoms. The molecular formula is C18H26O4. The molecule has 0 saturated carbocycles. The minimum absolute atomic E-state index is 0.0894. The summed E-state index contributed by atoms with van der Waals surface area (Å²) >= 11 is 0. The Kier molecular flexibility index (Phi) is 5.75. The second kappa shape index (κ2) is 6.95. The van der Waals surface area contributed by atoms with Crippen LogP contribution in [0.5, 0.6) is 0 Å². The number of aromatic carboxylic acids is 2. The van der Waals surface area contributed by atoms with Crippen LogP contribution in [0.15, 0.2) is 12.1 Å². The van der Waals surface area contributed by atoms with Gasteiger partial charge in [-0.1, -0.05) is 33.8 Å². The highest BCUT2D eigenvalue weighted by molar-refractivity contribution is 6.03. The molecule has 0 radical (unpaired) electrons. The SMILES string of the molecule is Cc1c(CCC(C)CC(C)(C)C)ccc(C(=O)O)c1C(=O)O. The maximum absolute atomic E-state index is 11.4. The minimum Gasteiger partial charge on any atom is -0.478 e. The predicted molar refractivity (Wildman–Crippen MR) is 86.7 cm³/mol. The lowest BCUT2D eigenvalue weighted by molar-refractivity contribution is 0.0650. The number of rotatable bonds is 6. The van der Waals surface area contributed by atoms with Gasteiger partial charge >= 0.3 is 11.9 Å². The number of carboxylic acid groups (broad SMARTS) is 2. The fraction of sp³-hybridized carbons (Fsp3) is 0.556. The topological polar surface area (TPSA) is 74.6 Å². The van der Waals surface area contributed by atoms with Crippen LogP contribution in [-0.2, 0) is 6.42 Å². The predicted octanol–water partition coefficient (Wildman–Crippen LogP) is 4.40. The first-order valence-electron chi connectivity index (χ1n) is 7.62. The van der Waals surface area contributed by atoms with Crippen molar-refractivity contribution in [3.05, 3.63) is 34.4 Å². The Balaban J connectivity index is 2.96. The number of aryl methyl sites for hydroxylation is 1. The molecular weight excluding hydrogens is 280 g/mol. The fourth-order valence-electron chi connectivity index (χ4n) is 3.03. The first-order valence-corrected chi connectivity index (χ1v) is 7.62. The molecule has 1 aromatic carbocycles. The fourth-order valence-corrected chi connectivity index (χ4v) is 3.03.